The van der Waals surface area contributed by atoms with Crippen LogP contribution in [-0.2, 0) is 4.79 Å². The second-order valence-corrected chi connectivity index (χ2v) is 7.41. The minimum Gasteiger partial charge on any atom is -0.493 e. The Kier molecular flexibility index (Phi) is 5.24. The van der Waals surface area contributed by atoms with E-state index < -0.39 is 0 Å². The maximum absolute atomic E-state index is 12.8. The predicted molar refractivity (Wildman–Crippen MR) is 110 cm³/mol. The Labute approximate surface area is 171 Å². The zero-order valence-corrected chi connectivity index (χ0v) is 17.3. The fourth-order valence-corrected chi connectivity index (χ4v) is 4.27. The topological polar surface area (TPSA) is 63.3 Å². The minimum absolute atomic E-state index is 0.0340. The van der Waals surface area contributed by atoms with Gasteiger partial charge in [0.2, 0.25) is 5.75 Å². The van der Waals surface area contributed by atoms with Crippen molar-refractivity contribution < 1.29 is 19.0 Å². The number of ether oxygens (including phenoxy) is 3. The van der Waals surface area contributed by atoms with Crippen LogP contribution in [-0.4, -0.2) is 44.7 Å². The zero-order chi connectivity index (χ0) is 20.5. The Morgan fingerprint density at radius 2 is 1.66 bits per heavy atom. The number of anilines is 1. The fourth-order valence-electron chi connectivity index (χ4n) is 4.27. The van der Waals surface area contributed by atoms with Crippen molar-refractivity contribution in [1.82, 2.24) is 10.3 Å². The van der Waals surface area contributed by atoms with E-state index >= 15 is 0 Å². The van der Waals surface area contributed by atoms with Crippen LogP contribution in [0.2, 0.25) is 0 Å². The Bertz CT molecular complexity index is 874. The van der Waals surface area contributed by atoms with E-state index in [1.54, 1.807) is 21.3 Å². The summed E-state index contributed by atoms with van der Waals surface area (Å²) < 4.78 is 16.6. The Balaban J connectivity index is 1.84. The number of hydrogen-bond acceptors (Lipinski definition) is 6. The molecule has 4 rings (SSSR count). The molecule has 0 saturated carbocycles. The van der Waals surface area contributed by atoms with E-state index in [4.69, 9.17) is 14.2 Å². The van der Waals surface area contributed by atoms with Crippen LogP contribution < -0.4 is 24.6 Å². The van der Waals surface area contributed by atoms with E-state index in [2.05, 4.69) is 10.3 Å². The molecule has 2 aliphatic heterocycles. The molecule has 7 nitrogen and oxygen atoms in total. The van der Waals surface area contributed by atoms with Gasteiger partial charge < -0.3 is 14.2 Å². The molecule has 1 amide bonds. The van der Waals surface area contributed by atoms with Gasteiger partial charge in [-0.05, 0) is 49.6 Å². The molecular formula is C22H27N3O4. The van der Waals surface area contributed by atoms with E-state index in [0.29, 0.717) is 17.2 Å². The lowest BCUT2D eigenvalue weighted by Gasteiger charge is -2.46. The second-order valence-electron chi connectivity index (χ2n) is 7.41. The Morgan fingerprint density at radius 1 is 1.00 bits per heavy atom. The lowest BCUT2D eigenvalue weighted by Crippen LogP contribution is -2.62. The standard InChI is InChI=1S/C22H27N3O4/c1-14-7-9-16(10-8-14)25-22(24-11-5-6-17(24)21(26)23-25)15-12-18(27-2)20(29-4)19(13-15)28-3/h7-10,12-13,17,22H,5-6,11H2,1-4H3,(H,23,26)/t17-,22?/m0/s1. The molecule has 1 N–H and O–H groups in total. The third-order valence-electron chi connectivity index (χ3n) is 5.68. The highest BCUT2D eigenvalue weighted by atomic mass is 16.5. The van der Waals surface area contributed by atoms with E-state index in [1.165, 1.54) is 5.56 Å². The second kappa shape index (κ2) is 7.83. The molecule has 2 aromatic rings. The highest BCUT2D eigenvalue weighted by molar-refractivity contribution is 5.85. The number of rotatable bonds is 5. The fraction of sp³-hybridized carbons (Fsp3) is 0.409. The first kappa shape index (κ1) is 19.4. The maximum Gasteiger partial charge on any atom is 0.255 e. The summed E-state index contributed by atoms with van der Waals surface area (Å²) in [5.41, 5.74) is 6.17. The summed E-state index contributed by atoms with van der Waals surface area (Å²) in [6, 6.07) is 11.9. The van der Waals surface area contributed by atoms with E-state index in [9.17, 15) is 4.79 Å². The highest BCUT2D eigenvalue weighted by Gasteiger charge is 2.44. The third-order valence-corrected chi connectivity index (χ3v) is 5.68. The molecule has 0 aromatic heterocycles. The SMILES string of the molecule is COc1cc(C2N(c3ccc(C)cc3)NC(=O)[C@@H]3CCCN23)cc(OC)c1OC. The number of carbonyl (C=O) groups is 1. The van der Waals surface area contributed by atoms with E-state index in [0.717, 1.165) is 30.6 Å². The van der Waals surface area contributed by atoms with Gasteiger partial charge in [-0.15, -0.1) is 0 Å². The van der Waals surface area contributed by atoms with Gasteiger partial charge in [0.15, 0.2) is 11.5 Å². The molecule has 2 saturated heterocycles. The van der Waals surface area contributed by atoms with Gasteiger partial charge in [0.1, 0.15) is 6.17 Å². The zero-order valence-electron chi connectivity index (χ0n) is 17.3. The van der Waals surface area contributed by atoms with Gasteiger partial charge in [0, 0.05) is 6.54 Å². The normalized spacial score (nSPS) is 21.5. The predicted octanol–water partition coefficient (Wildman–Crippen LogP) is 3.04. The molecule has 7 heteroatoms. The monoisotopic (exact) mass is 397 g/mol. The van der Waals surface area contributed by atoms with Gasteiger partial charge in [-0.2, -0.15) is 0 Å². The van der Waals surface area contributed by atoms with E-state index in [-0.39, 0.29) is 18.1 Å². The molecule has 0 spiro atoms. The number of hydrogen-bond donors (Lipinski definition) is 1. The molecule has 2 atom stereocenters. The molecule has 0 bridgehead atoms. The molecular weight excluding hydrogens is 370 g/mol. The molecule has 2 heterocycles. The number of aryl methyl sites for hydroxylation is 1. The minimum atomic E-state index is -0.184. The van der Waals surface area contributed by atoms with Gasteiger partial charge in [0.25, 0.3) is 5.91 Å². The van der Waals surface area contributed by atoms with Crippen molar-refractivity contribution in [3.05, 3.63) is 47.5 Å². The summed E-state index contributed by atoms with van der Waals surface area (Å²) in [5, 5.41) is 1.93. The van der Waals surface area contributed by atoms with Gasteiger partial charge in [-0.3, -0.25) is 20.1 Å². The quantitative estimate of drug-likeness (QED) is 0.837. The molecule has 154 valence electrons. The summed E-state index contributed by atoms with van der Waals surface area (Å²) in [6.07, 6.45) is 1.66. The molecule has 2 fully saturated rings. The van der Waals surface area contributed by atoms with Crippen molar-refractivity contribution in [2.45, 2.75) is 32.0 Å². The van der Waals surface area contributed by atoms with Gasteiger partial charge >= 0.3 is 0 Å². The van der Waals surface area contributed by atoms with E-state index in [1.807, 2.05) is 48.3 Å². The van der Waals surface area contributed by atoms with Crippen LogP contribution >= 0.6 is 0 Å². The van der Waals surface area contributed by atoms with Crippen LogP contribution in [0.1, 0.15) is 30.1 Å². The number of amides is 1. The number of nitrogens with one attached hydrogen (secondary N) is 1. The molecule has 0 aliphatic carbocycles. The summed E-state index contributed by atoms with van der Waals surface area (Å²) in [5.74, 6) is 1.78. The molecule has 2 aliphatic rings. The number of methoxy groups -OCH3 is 3. The smallest absolute Gasteiger partial charge is 0.255 e. The highest BCUT2D eigenvalue weighted by Crippen LogP contribution is 2.44. The number of nitrogens with zero attached hydrogens (tertiary/aromatic N) is 2. The first-order valence-electron chi connectivity index (χ1n) is 9.79. The third kappa shape index (κ3) is 3.35. The lowest BCUT2D eigenvalue weighted by atomic mass is 10.0. The van der Waals surface area contributed by atoms with Gasteiger partial charge in [-0.1, -0.05) is 17.7 Å². The van der Waals surface area contributed by atoms with Crippen LogP contribution in [0.4, 0.5) is 5.69 Å². The number of fused-ring (bicyclic) bond motifs is 1. The Hall–Kier alpha value is -2.93. The summed E-state index contributed by atoms with van der Waals surface area (Å²) in [7, 11) is 4.82. The average molecular weight is 397 g/mol. The van der Waals surface area contributed by atoms with Crippen molar-refractivity contribution in [3.63, 3.8) is 0 Å². The average Bonchev–Trinajstić information content (AvgIpc) is 3.23. The summed E-state index contributed by atoms with van der Waals surface area (Å²) in [4.78, 5) is 15.0. The van der Waals surface area contributed by atoms with Crippen molar-refractivity contribution in [3.8, 4) is 17.2 Å². The molecule has 2 aromatic carbocycles. The summed E-state index contributed by atoms with van der Waals surface area (Å²) in [6.45, 7) is 2.90. The number of hydrazine groups is 1. The van der Waals surface area contributed by atoms with Crippen molar-refractivity contribution in [1.29, 1.82) is 0 Å². The summed E-state index contributed by atoms with van der Waals surface area (Å²) >= 11 is 0. The lowest BCUT2D eigenvalue weighted by molar-refractivity contribution is -0.130. The molecule has 29 heavy (non-hydrogen) atoms. The number of benzene rings is 2. The van der Waals surface area contributed by atoms with Crippen LogP contribution in [0, 0.1) is 6.92 Å². The van der Waals surface area contributed by atoms with Gasteiger partial charge in [-0.25, -0.2) is 0 Å². The van der Waals surface area contributed by atoms with Crippen LogP contribution in [0.25, 0.3) is 0 Å². The molecule has 0 radical (unpaired) electrons. The Morgan fingerprint density at radius 3 is 2.24 bits per heavy atom. The van der Waals surface area contributed by atoms with Crippen LogP contribution in [0.5, 0.6) is 17.2 Å². The van der Waals surface area contributed by atoms with Crippen molar-refractivity contribution in [2.75, 3.05) is 32.9 Å². The van der Waals surface area contributed by atoms with Crippen molar-refractivity contribution >= 4 is 11.6 Å². The van der Waals surface area contributed by atoms with Crippen molar-refractivity contribution in [2.24, 2.45) is 0 Å². The van der Waals surface area contributed by atoms with Crippen LogP contribution in [0.3, 0.4) is 0 Å². The largest absolute Gasteiger partial charge is 0.493 e. The van der Waals surface area contributed by atoms with Gasteiger partial charge in [0.05, 0.1) is 33.1 Å². The first-order chi connectivity index (χ1) is 14.1. The van der Waals surface area contributed by atoms with Crippen LogP contribution in [0.15, 0.2) is 36.4 Å². The first-order valence-corrected chi connectivity index (χ1v) is 9.79. The maximum atomic E-state index is 12.8. The number of carbonyl (C=O) groups excluding carboxylic acids is 1. The molecule has 1 unspecified atom stereocenters.